The Morgan fingerprint density at radius 3 is 2.77 bits per heavy atom. The molecule has 5 N–H and O–H groups in total. The average Bonchev–Trinajstić information content (AvgIpc) is 2.73. The molecule has 1 aliphatic heterocycles. The molecular formula is C12H19N3O7. The molecule has 0 spiro atoms. The van der Waals surface area contributed by atoms with Crippen molar-refractivity contribution in [1.29, 1.82) is 0 Å². The Labute approximate surface area is 125 Å². The molecule has 4 atom stereocenters. The number of rotatable bonds is 6. The molecule has 1 aromatic heterocycles. The highest BCUT2D eigenvalue weighted by atomic mass is 16.8. The van der Waals surface area contributed by atoms with Crippen LogP contribution in [0.2, 0.25) is 0 Å². The van der Waals surface area contributed by atoms with Gasteiger partial charge in [0.05, 0.1) is 19.8 Å². The maximum absolute atomic E-state index is 12.0. The van der Waals surface area contributed by atoms with E-state index in [1.54, 1.807) is 0 Å². The third-order valence-corrected chi connectivity index (χ3v) is 3.34. The van der Waals surface area contributed by atoms with Crippen molar-refractivity contribution < 1.29 is 29.5 Å². The van der Waals surface area contributed by atoms with E-state index in [4.69, 9.17) is 19.9 Å². The number of hydrogen-bond donors (Lipinski definition) is 4. The van der Waals surface area contributed by atoms with Crippen LogP contribution in [0.5, 0.6) is 0 Å². The van der Waals surface area contributed by atoms with E-state index < -0.39 is 36.5 Å². The molecule has 0 amide bonds. The molecular weight excluding hydrogens is 298 g/mol. The molecule has 1 aliphatic rings. The van der Waals surface area contributed by atoms with Gasteiger partial charge < -0.3 is 35.3 Å². The van der Waals surface area contributed by atoms with E-state index in [9.17, 15) is 20.1 Å². The lowest BCUT2D eigenvalue weighted by Crippen LogP contribution is -2.53. The Bertz CT molecular complexity index is 566. The highest BCUT2D eigenvalue weighted by Crippen LogP contribution is 2.35. The van der Waals surface area contributed by atoms with E-state index >= 15 is 0 Å². The third-order valence-electron chi connectivity index (χ3n) is 3.34. The number of ether oxygens (including phenoxy) is 3. The molecule has 2 rings (SSSR count). The van der Waals surface area contributed by atoms with Crippen LogP contribution in [0.25, 0.3) is 0 Å². The molecule has 0 bridgehead atoms. The summed E-state index contributed by atoms with van der Waals surface area (Å²) in [6.07, 6.45) is -2.96. The monoisotopic (exact) mass is 317 g/mol. The first-order valence-corrected chi connectivity index (χ1v) is 6.59. The number of aliphatic hydroxyl groups is 3. The van der Waals surface area contributed by atoms with Gasteiger partial charge in [-0.1, -0.05) is 0 Å². The van der Waals surface area contributed by atoms with Gasteiger partial charge in [0, 0.05) is 13.3 Å². The number of nitrogen functional groups attached to an aromatic ring is 1. The van der Waals surface area contributed by atoms with Crippen LogP contribution in [0.4, 0.5) is 5.82 Å². The quantitative estimate of drug-likeness (QED) is 0.408. The highest BCUT2D eigenvalue weighted by Gasteiger charge is 2.57. The molecule has 0 saturated carbocycles. The zero-order chi connectivity index (χ0) is 16.3. The van der Waals surface area contributed by atoms with Crippen LogP contribution in [0.1, 0.15) is 0 Å². The number of hydrogen-bond acceptors (Lipinski definition) is 9. The summed E-state index contributed by atoms with van der Waals surface area (Å²) < 4.78 is 16.6. The molecule has 10 heteroatoms. The highest BCUT2D eigenvalue weighted by molar-refractivity contribution is 5.24. The fraction of sp³-hybridized carbons (Fsp3) is 0.667. The summed E-state index contributed by atoms with van der Waals surface area (Å²) in [5, 5.41) is 29.5. The zero-order valence-electron chi connectivity index (χ0n) is 12.0. The van der Waals surface area contributed by atoms with Gasteiger partial charge in [-0.15, -0.1) is 0 Å². The van der Waals surface area contributed by atoms with Gasteiger partial charge in [-0.05, 0) is 6.07 Å². The number of methoxy groups -OCH3 is 1. The molecule has 1 fully saturated rings. The minimum Gasteiger partial charge on any atom is -0.394 e. The first-order valence-electron chi connectivity index (χ1n) is 6.59. The molecule has 2 heterocycles. The Kier molecular flexibility index (Phi) is 5.11. The molecule has 0 radical (unpaired) electrons. The molecule has 1 saturated heterocycles. The Hall–Kier alpha value is -1.56. The van der Waals surface area contributed by atoms with Crippen molar-refractivity contribution in [3.05, 3.63) is 22.7 Å². The second-order valence-corrected chi connectivity index (χ2v) is 4.75. The number of nitrogens with zero attached hydrogens (tertiary/aromatic N) is 2. The minimum absolute atomic E-state index is 0.0139. The smallest absolute Gasteiger partial charge is 0.353 e. The second-order valence-electron chi connectivity index (χ2n) is 4.75. The van der Waals surface area contributed by atoms with Crippen LogP contribution in [0.3, 0.4) is 0 Å². The fourth-order valence-electron chi connectivity index (χ4n) is 2.23. The van der Waals surface area contributed by atoms with Crippen molar-refractivity contribution in [2.45, 2.75) is 24.2 Å². The predicted octanol–water partition coefficient (Wildman–Crippen LogP) is -2.79. The van der Waals surface area contributed by atoms with E-state index in [1.807, 2.05) is 0 Å². The fourth-order valence-corrected chi connectivity index (χ4v) is 2.23. The SMILES string of the molecule is COCCO[C@@]1(n2ccc(N)nc2=O)O[C@H](CO)[C@@H](O)[C@H]1O. The van der Waals surface area contributed by atoms with Gasteiger partial charge in [0.15, 0.2) is 6.10 Å². The van der Waals surface area contributed by atoms with E-state index in [0.29, 0.717) is 0 Å². The van der Waals surface area contributed by atoms with Gasteiger partial charge in [-0.2, -0.15) is 4.98 Å². The van der Waals surface area contributed by atoms with Gasteiger partial charge in [0.1, 0.15) is 18.0 Å². The first-order chi connectivity index (χ1) is 10.5. The van der Waals surface area contributed by atoms with E-state index in [0.717, 1.165) is 4.57 Å². The summed E-state index contributed by atoms with van der Waals surface area (Å²) in [5.41, 5.74) is 4.60. The maximum Gasteiger partial charge on any atom is 0.353 e. The van der Waals surface area contributed by atoms with Crippen molar-refractivity contribution in [3.8, 4) is 0 Å². The van der Waals surface area contributed by atoms with Gasteiger partial charge in [-0.25, -0.2) is 9.36 Å². The van der Waals surface area contributed by atoms with Crippen molar-refractivity contribution in [2.24, 2.45) is 0 Å². The first kappa shape index (κ1) is 16.8. The molecule has 22 heavy (non-hydrogen) atoms. The van der Waals surface area contributed by atoms with Crippen molar-refractivity contribution in [2.75, 3.05) is 32.7 Å². The topological polar surface area (TPSA) is 149 Å². The predicted molar refractivity (Wildman–Crippen MR) is 72.7 cm³/mol. The van der Waals surface area contributed by atoms with Crippen molar-refractivity contribution in [1.82, 2.24) is 9.55 Å². The van der Waals surface area contributed by atoms with Crippen LogP contribution in [0.15, 0.2) is 17.1 Å². The summed E-state index contributed by atoms with van der Waals surface area (Å²) in [6.45, 7) is -0.436. The molecule has 1 aromatic rings. The number of anilines is 1. The number of nitrogens with two attached hydrogens (primary N) is 1. The minimum atomic E-state index is -2.02. The Morgan fingerprint density at radius 1 is 1.50 bits per heavy atom. The van der Waals surface area contributed by atoms with Gasteiger partial charge in [0.25, 0.3) is 5.91 Å². The lowest BCUT2D eigenvalue weighted by molar-refractivity contribution is -0.320. The lowest BCUT2D eigenvalue weighted by atomic mass is 10.1. The number of aromatic nitrogens is 2. The zero-order valence-corrected chi connectivity index (χ0v) is 12.0. The molecule has 0 aromatic carbocycles. The van der Waals surface area contributed by atoms with E-state index in [2.05, 4.69) is 4.98 Å². The van der Waals surface area contributed by atoms with Crippen LogP contribution in [-0.4, -0.2) is 70.1 Å². The lowest BCUT2D eigenvalue weighted by Gasteiger charge is -2.33. The van der Waals surface area contributed by atoms with E-state index in [1.165, 1.54) is 19.4 Å². The molecule has 10 nitrogen and oxygen atoms in total. The third kappa shape index (κ3) is 2.84. The van der Waals surface area contributed by atoms with Gasteiger partial charge >= 0.3 is 5.69 Å². The summed E-state index contributed by atoms with van der Waals surface area (Å²) in [7, 11) is 1.45. The molecule has 124 valence electrons. The normalized spacial score (nSPS) is 31.5. The Balaban J connectivity index is 2.44. The molecule has 0 unspecified atom stereocenters. The summed E-state index contributed by atoms with van der Waals surface area (Å²) in [4.78, 5) is 15.6. The van der Waals surface area contributed by atoms with Crippen molar-refractivity contribution in [3.63, 3.8) is 0 Å². The summed E-state index contributed by atoms with van der Waals surface area (Å²) in [5.74, 6) is -2.04. The maximum atomic E-state index is 12.0. The van der Waals surface area contributed by atoms with Gasteiger partial charge in [-0.3, -0.25) is 0 Å². The summed E-state index contributed by atoms with van der Waals surface area (Å²) >= 11 is 0. The standard InChI is InChI=1S/C12H19N3O7/c1-20-4-5-21-12(10(18)9(17)7(6-16)22-12)15-3-2-8(13)14-11(15)19/h2-3,7,9-10,16-18H,4-6H2,1H3,(H2,13,14,19)/t7-,9-,10-,12-/m1/s1. The second kappa shape index (κ2) is 6.69. The Morgan fingerprint density at radius 2 is 2.23 bits per heavy atom. The van der Waals surface area contributed by atoms with Crippen molar-refractivity contribution >= 4 is 5.82 Å². The van der Waals surface area contributed by atoms with Crippen LogP contribution in [0, 0.1) is 0 Å². The van der Waals surface area contributed by atoms with Crippen LogP contribution >= 0.6 is 0 Å². The van der Waals surface area contributed by atoms with Crippen LogP contribution < -0.4 is 11.4 Å². The van der Waals surface area contributed by atoms with E-state index in [-0.39, 0.29) is 19.0 Å². The largest absolute Gasteiger partial charge is 0.394 e. The van der Waals surface area contributed by atoms with Crippen LogP contribution in [-0.2, 0) is 20.1 Å². The molecule has 0 aliphatic carbocycles. The van der Waals surface area contributed by atoms with Gasteiger partial charge in [0.2, 0.25) is 0 Å². The average molecular weight is 317 g/mol. The summed E-state index contributed by atoms with van der Waals surface area (Å²) in [6, 6.07) is 1.32. The number of aliphatic hydroxyl groups excluding tert-OH is 3.